The molecule has 0 atom stereocenters. The Kier molecular flexibility index (Phi) is 7.61. The number of nitrogens with one attached hydrogen (secondary N) is 1. The average Bonchev–Trinajstić information content (AvgIpc) is 2.80. The van der Waals surface area contributed by atoms with Gasteiger partial charge in [0.25, 0.3) is 0 Å². The maximum absolute atomic E-state index is 5.36. The fourth-order valence-corrected chi connectivity index (χ4v) is 5.38. The summed E-state index contributed by atoms with van der Waals surface area (Å²) in [7, 11) is 2.54. The molecule has 0 radical (unpaired) electrons. The minimum atomic E-state index is -2.39. The first-order chi connectivity index (χ1) is 8.65. The second-order valence-electron chi connectivity index (χ2n) is 3.48. The highest BCUT2D eigenvalue weighted by Crippen LogP contribution is 2.23. The van der Waals surface area contributed by atoms with Crippen molar-refractivity contribution in [3.63, 3.8) is 0 Å². The third-order valence-electron chi connectivity index (χ3n) is 2.45. The van der Waals surface area contributed by atoms with Crippen molar-refractivity contribution in [1.29, 1.82) is 0 Å². The number of hydrogen-bond acceptors (Lipinski definition) is 7. The van der Waals surface area contributed by atoms with Crippen LogP contribution in [0.4, 0.5) is 0 Å². The van der Waals surface area contributed by atoms with Gasteiger partial charge in [-0.2, -0.15) is 5.10 Å². The maximum atomic E-state index is 5.36. The van der Waals surface area contributed by atoms with Crippen LogP contribution in [-0.2, 0) is 13.3 Å². The number of unbranched alkanes of at least 4 members (excludes halogenated alkanes) is 1. The monoisotopic (exact) mass is 326 g/mol. The molecule has 0 unspecified atom stereocenters. The molecule has 1 aromatic rings. The van der Waals surface area contributed by atoms with E-state index in [2.05, 4.69) is 10.2 Å². The van der Waals surface area contributed by atoms with Gasteiger partial charge in [0.15, 0.2) is 8.29 Å². The van der Waals surface area contributed by atoms with Crippen molar-refractivity contribution in [1.82, 2.24) is 10.2 Å². The molecule has 5 nitrogen and oxygen atoms in total. The molecule has 0 saturated carbocycles. The number of thioether (sulfide) groups is 1. The topological polar surface area (TPSA) is 56.4 Å². The standard InChI is InChI=1S/C9H18N2O3S3Si/c1-12-18(13-2,14-3)7-5-4-6-16-9-11-10-8(15)17-9/h4-7H2,1-3H3,(H,10,15). The zero-order valence-corrected chi connectivity index (χ0v) is 14.2. The minimum Gasteiger partial charge on any atom is -0.377 e. The Labute approximate surface area is 122 Å². The van der Waals surface area contributed by atoms with E-state index in [0.29, 0.717) is 0 Å². The summed E-state index contributed by atoms with van der Waals surface area (Å²) >= 11 is 8.20. The van der Waals surface area contributed by atoms with Gasteiger partial charge in [0.05, 0.1) is 0 Å². The average molecular weight is 327 g/mol. The lowest BCUT2D eigenvalue weighted by atomic mass is 10.4. The van der Waals surface area contributed by atoms with Crippen LogP contribution >= 0.6 is 35.3 Å². The first-order valence-electron chi connectivity index (χ1n) is 5.49. The molecular weight excluding hydrogens is 308 g/mol. The first-order valence-corrected chi connectivity index (χ1v) is 9.64. The molecule has 104 valence electrons. The van der Waals surface area contributed by atoms with Crippen LogP contribution in [0.15, 0.2) is 4.34 Å². The summed E-state index contributed by atoms with van der Waals surface area (Å²) in [5.41, 5.74) is 0. The van der Waals surface area contributed by atoms with E-state index in [1.54, 1.807) is 33.1 Å². The summed E-state index contributed by atoms with van der Waals surface area (Å²) in [5.74, 6) is 1.01. The van der Waals surface area contributed by atoms with Crippen LogP contribution in [0.25, 0.3) is 0 Å². The SMILES string of the molecule is CO[Si](CCCCSc1n[nH]c(=S)s1)(OC)OC. The summed E-state index contributed by atoms with van der Waals surface area (Å²) in [4.78, 5) is 0. The predicted molar refractivity (Wildman–Crippen MR) is 78.8 cm³/mol. The van der Waals surface area contributed by atoms with Crippen molar-refractivity contribution in [3.05, 3.63) is 3.95 Å². The van der Waals surface area contributed by atoms with Crippen LogP contribution in [-0.4, -0.2) is 46.1 Å². The van der Waals surface area contributed by atoms with Gasteiger partial charge in [-0.25, -0.2) is 0 Å². The zero-order valence-electron chi connectivity index (χ0n) is 10.7. The molecule has 0 aliphatic carbocycles. The van der Waals surface area contributed by atoms with Gasteiger partial charge in [0, 0.05) is 33.1 Å². The molecule has 18 heavy (non-hydrogen) atoms. The molecule has 1 rings (SSSR count). The molecular formula is C9H18N2O3S3Si. The van der Waals surface area contributed by atoms with Crippen molar-refractivity contribution >= 4 is 44.1 Å². The molecule has 9 heteroatoms. The largest absolute Gasteiger partial charge is 0.500 e. The third-order valence-corrected chi connectivity index (χ3v) is 7.60. The molecule has 0 bridgehead atoms. The van der Waals surface area contributed by atoms with Gasteiger partial charge < -0.3 is 13.3 Å². The van der Waals surface area contributed by atoms with Crippen molar-refractivity contribution in [3.8, 4) is 0 Å². The second-order valence-corrected chi connectivity index (χ2v) is 9.58. The van der Waals surface area contributed by atoms with E-state index in [-0.39, 0.29) is 0 Å². The molecule has 1 aromatic heterocycles. The van der Waals surface area contributed by atoms with Crippen LogP contribution < -0.4 is 0 Å². The Morgan fingerprint density at radius 2 is 1.94 bits per heavy atom. The molecule has 0 amide bonds. The normalized spacial score (nSPS) is 11.9. The van der Waals surface area contributed by atoms with Crippen LogP contribution in [0.2, 0.25) is 6.04 Å². The van der Waals surface area contributed by atoms with Gasteiger partial charge in [-0.05, 0) is 25.1 Å². The molecule has 0 aliphatic heterocycles. The van der Waals surface area contributed by atoms with E-state index in [0.717, 1.165) is 32.9 Å². The van der Waals surface area contributed by atoms with E-state index in [9.17, 15) is 0 Å². The zero-order chi connectivity index (χ0) is 13.4. The predicted octanol–water partition coefficient (Wildman–Crippen LogP) is 2.95. The van der Waals surface area contributed by atoms with E-state index < -0.39 is 8.80 Å². The third kappa shape index (κ3) is 5.08. The lowest BCUT2D eigenvalue weighted by Gasteiger charge is -2.24. The van der Waals surface area contributed by atoms with Gasteiger partial charge in [0.1, 0.15) is 0 Å². The summed E-state index contributed by atoms with van der Waals surface area (Å²) in [5, 5.41) is 6.87. The van der Waals surface area contributed by atoms with Crippen LogP contribution in [0.1, 0.15) is 12.8 Å². The second kappa shape index (κ2) is 8.41. The van der Waals surface area contributed by atoms with Crippen molar-refractivity contribution in [2.45, 2.75) is 23.2 Å². The molecule has 0 aromatic carbocycles. The highest BCUT2D eigenvalue weighted by molar-refractivity contribution is 8.01. The number of rotatable bonds is 9. The van der Waals surface area contributed by atoms with Crippen LogP contribution in [0.5, 0.6) is 0 Å². The molecule has 0 aliphatic rings. The van der Waals surface area contributed by atoms with Crippen molar-refractivity contribution in [2.24, 2.45) is 0 Å². The Balaban J connectivity index is 2.20. The maximum Gasteiger partial charge on any atom is 0.500 e. The quantitative estimate of drug-likeness (QED) is 0.326. The smallest absolute Gasteiger partial charge is 0.377 e. The number of H-pyrrole nitrogens is 1. The van der Waals surface area contributed by atoms with Gasteiger partial charge >= 0.3 is 8.80 Å². The fraction of sp³-hybridized carbons (Fsp3) is 0.778. The fourth-order valence-electron chi connectivity index (χ4n) is 1.44. The van der Waals surface area contributed by atoms with Gasteiger partial charge in [-0.15, -0.1) is 0 Å². The van der Waals surface area contributed by atoms with Crippen LogP contribution in [0, 0.1) is 3.95 Å². The number of aromatic amines is 1. The highest BCUT2D eigenvalue weighted by atomic mass is 32.2. The number of nitrogens with zero attached hydrogens (tertiary/aromatic N) is 1. The Bertz CT molecular complexity index is 386. The van der Waals surface area contributed by atoms with E-state index in [1.807, 2.05) is 0 Å². The molecule has 0 fully saturated rings. The van der Waals surface area contributed by atoms with Gasteiger partial charge in [-0.1, -0.05) is 23.1 Å². The Hall–Kier alpha value is 0.227. The summed E-state index contributed by atoms with van der Waals surface area (Å²) in [6.07, 6.45) is 2.09. The number of hydrogen-bond donors (Lipinski definition) is 1. The lowest BCUT2D eigenvalue weighted by molar-refractivity contribution is 0.123. The summed E-state index contributed by atoms with van der Waals surface area (Å²) in [6.45, 7) is 0. The Morgan fingerprint density at radius 1 is 1.28 bits per heavy atom. The number of aromatic nitrogens is 2. The van der Waals surface area contributed by atoms with E-state index in [1.165, 1.54) is 11.3 Å². The lowest BCUT2D eigenvalue weighted by Crippen LogP contribution is -2.42. The van der Waals surface area contributed by atoms with Crippen LogP contribution in [0.3, 0.4) is 0 Å². The first kappa shape index (κ1) is 16.3. The van der Waals surface area contributed by atoms with Gasteiger partial charge in [-0.3, -0.25) is 5.10 Å². The highest BCUT2D eigenvalue weighted by Gasteiger charge is 2.36. The summed E-state index contributed by atoms with van der Waals surface area (Å²) in [6, 6.07) is 0.841. The van der Waals surface area contributed by atoms with Crippen molar-refractivity contribution < 1.29 is 13.3 Å². The summed E-state index contributed by atoms with van der Waals surface area (Å²) < 4.78 is 17.8. The minimum absolute atomic E-state index is 0.724. The van der Waals surface area contributed by atoms with E-state index in [4.69, 9.17) is 25.5 Å². The molecule has 0 saturated heterocycles. The van der Waals surface area contributed by atoms with Gasteiger partial charge in [0.2, 0.25) is 0 Å². The van der Waals surface area contributed by atoms with E-state index >= 15 is 0 Å². The molecule has 1 heterocycles. The van der Waals surface area contributed by atoms with Crippen molar-refractivity contribution in [2.75, 3.05) is 27.1 Å². The Morgan fingerprint density at radius 3 is 2.44 bits per heavy atom. The molecule has 0 spiro atoms. The molecule has 1 N–H and O–H groups in total.